The van der Waals surface area contributed by atoms with Crippen LogP contribution in [-0.4, -0.2) is 57.0 Å². The van der Waals surface area contributed by atoms with Gasteiger partial charge in [0.05, 0.1) is 0 Å². The molecule has 1 unspecified atom stereocenters. The molecular weight excluding hydrogens is 389 g/mol. The summed E-state index contributed by atoms with van der Waals surface area (Å²) in [6.07, 6.45) is 0. The van der Waals surface area contributed by atoms with E-state index in [0.29, 0.717) is 0 Å². The van der Waals surface area contributed by atoms with E-state index in [4.69, 9.17) is 0 Å². The molecule has 0 aliphatic carbocycles. The van der Waals surface area contributed by atoms with Crippen molar-refractivity contribution in [2.24, 2.45) is 0 Å². The molecule has 2 aliphatic rings. The van der Waals surface area contributed by atoms with E-state index < -0.39 is 13.8 Å². The van der Waals surface area contributed by atoms with Crippen LogP contribution in [0.15, 0.2) is 54.6 Å². The molecule has 2 aliphatic heterocycles. The Labute approximate surface area is 153 Å². The number of rotatable bonds is 3. The molecule has 0 saturated carbocycles. The summed E-state index contributed by atoms with van der Waals surface area (Å²) in [4.78, 5) is 7.21. The number of halogens is 1. The van der Waals surface area contributed by atoms with Gasteiger partial charge in [-0.25, -0.2) is 0 Å². The van der Waals surface area contributed by atoms with Crippen LogP contribution in [0.1, 0.15) is 0 Å². The normalized spacial score (nSPS) is 20.6. The first kappa shape index (κ1) is 17.4. The molecule has 0 aromatic heterocycles. The third-order valence-corrected chi connectivity index (χ3v) is 7.49. The first-order valence-corrected chi connectivity index (χ1v) is 10.8. The van der Waals surface area contributed by atoms with Crippen molar-refractivity contribution in [3.05, 3.63) is 54.6 Å². The van der Waals surface area contributed by atoms with Gasteiger partial charge in [0.2, 0.25) is 0 Å². The number of piperazine rings is 1. The third-order valence-electron chi connectivity index (χ3n) is 4.59. The van der Waals surface area contributed by atoms with Crippen LogP contribution in [-0.2, 0) is 3.83 Å². The molecule has 1 atom stereocenters. The van der Waals surface area contributed by atoms with E-state index >= 15 is 0 Å². The van der Waals surface area contributed by atoms with Crippen molar-refractivity contribution in [3.63, 3.8) is 0 Å². The Morgan fingerprint density at radius 1 is 0.875 bits per heavy atom. The van der Waals surface area contributed by atoms with Crippen LogP contribution in [0.2, 0.25) is 0 Å². The minimum atomic E-state index is -1.86. The number of fused-ring (bicyclic) bond motifs is 1. The summed E-state index contributed by atoms with van der Waals surface area (Å²) >= 11 is -1.86. The van der Waals surface area contributed by atoms with Crippen molar-refractivity contribution in [2.45, 2.75) is 0 Å². The van der Waals surface area contributed by atoms with Gasteiger partial charge in [0.25, 0.3) is 0 Å². The number of hydrogen-bond donors (Lipinski definition) is 0. The minimum absolute atomic E-state index is 0. The molecule has 4 rings (SSSR count). The first-order chi connectivity index (χ1) is 11.3. The number of anilines is 2. The van der Waals surface area contributed by atoms with Crippen molar-refractivity contribution < 1.29 is 3.83 Å². The summed E-state index contributed by atoms with van der Waals surface area (Å²) in [6.45, 7) is 5.10. The fourth-order valence-corrected chi connectivity index (χ4v) is 6.07. The Hall–Kier alpha value is -1.39. The van der Waals surface area contributed by atoms with Crippen LogP contribution in [0, 0.1) is 0 Å². The van der Waals surface area contributed by atoms with E-state index in [2.05, 4.69) is 51.1 Å². The van der Waals surface area contributed by atoms with Gasteiger partial charge in [-0.3, -0.25) is 0 Å². The Bertz CT molecular complexity index is 704. The Balaban J connectivity index is 0.00000169. The summed E-state index contributed by atoms with van der Waals surface area (Å²) in [5, 5.41) is 0. The molecule has 0 spiro atoms. The van der Waals surface area contributed by atoms with Crippen molar-refractivity contribution in [1.29, 1.82) is 0 Å². The van der Waals surface area contributed by atoms with E-state index in [1.807, 2.05) is 18.2 Å². The third kappa shape index (κ3) is 3.50. The fraction of sp³-hybridized carbons (Fsp3) is 0.333. The molecule has 0 amide bonds. The Morgan fingerprint density at radius 3 is 2.29 bits per heavy atom. The molecule has 0 N–H and O–H groups in total. The van der Waals surface area contributed by atoms with Crippen LogP contribution in [0.5, 0.6) is 0 Å². The maximum atomic E-state index is 12.3. The zero-order valence-corrected chi connectivity index (χ0v) is 16.0. The van der Waals surface area contributed by atoms with Gasteiger partial charge in [-0.15, -0.1) is 12.4 Å². The molecule has 1 saturated heterocycles. The summed E-state index contributed by atoms with van der Waals surface area (Å²) in [6, 6.07) is 18.8. The topological polar surface area (TPSA) is 26.8 Å². The summed E-state index contributed by atoms with van der Waals surface area (Å²) < 4.78 is 13.4. The Kier molecular flexibility index (Phi) is 5.57. The molecule has 2 aromatic rings. The SMILES string of the molecule is Cl.O=[Se]1CN(CN2CCN(c3ccccc3)CC2)c2ccccc21. The van der Waals surface area contributed by atoms with Crippen LogP contribution in [0.25, 0.3) is 0 Å². The van der Waals surface area contributed by atoms with Crippen LogP contribution >= 0.6 is 12.4 Å². The predicted octanol–water partition coefficient (Wildman–Crippen LogP) is 1.88. The molecule has 128 valence electrons. The van der Waals surface area contributed by atoms with Crippen molar-refractivity contribution in [2.75, 3.05) is 48.1 Å². The standard InChI is InChI=1S/C18H21N3OSe.ClH/c22-23-15-21(17-8-4-5-9-18(17)23)14-19-10-12-20(13-11-19)16-6-2-1-3-7-16;/h1-9H,10-15H2;1H. The van der Waals surface area contributed by atoms with Gasteiger partial charge in [0, 0.05) is 0 Å². The zero-order valence-electron chi connectivity index (χ0n) is 13.5. The average Bonchev–Trinajstić information content (AvgIpc) is 2.93. The summed E-state index contributed by atoms with van der Waals surface area (Å²) in [7, 11) is 0. The van der Waals surface area contributed by atoms with Gasteiger partial charge in [-0.05, 0) is 0 Å². The molecule has 2 aromatic carbocycles. The molecule has 24 heavy (non-hydrogen) atoms. The van der Waals surface area contributed by atoms with Gasteiger partial charge in [-0.1, -0.05) is 0 Å². The Morgan fingerprint density at radius 2 is 1.54 bits per heavy atom. The van der Waals surface area contributed by atoms with Crippen molar-refractivity contribution >= 4 is 42.1 Å². The van der Waals surface area contributed by atoms with Gasteiger partial charge >= 0.3 is 141 Å². The van der Waals surface area contributed by atoms with Crippen LogP contribution < -0.4 is 14.3 Å². The molecule has 4 nitrogen and oxygen atoms in total. The van der Waals surface area contributed by atoms with E-state index in [-0.39, 0.29) is 12.4 Å². The monoisotopic (exact) mass is 411 g/mol. The van der Waals surface area contributed by atoms with Gasteiger partial charge in [0.15, 0.2) is 0 Å². The molecule has 0 radical (unpaired) electrons. The second-order valence-electron chi connectivity index (χ2n) is 6.06. The van der Waals surface area contributed by atoms with Gasteiger partial charge in [0.1, 0.15) is 0 Å². The van der Waals surface area contributed by atoms with Gasteiger partial charge in [-0.2, -0.15) is 0 Å². The molecule has 0 bridgehead atoms. The number of benzene rings is 2. The van der Waals surface area contributed by atoms with Crippen LogP contribution in [0.4, 0.5) is 11.4 Å². The fourth-order valence-electron chi connectivity index (χ4n) is 3.34. The second-order valence-corrected chi connectivity index (χ2v) is 8.98. The number of hydrogen-bond acceptors (Lipinski definition) is 4. The van der Waals surface area contributed by atoms with Gasteiger partial charge < -0.3 is 0 Å². The molecule has 2 heterocycles. The van der Waals surface area contributed by atoms with Crippen molar-refractivity contribution in [3.8, 4) is 0 Å². The quantitative estimate of drug-likeness (QED) is 0.722. The van der Waals surface area contributed by atoms with E-state index in [1.54, 1.807) is 0 Å². The van der Waals surface area contributed by atoms with E-state index in [1.165, 1.54) is 11.4 Å². The summed E-state index contributed by atoms with van der Waals surface area (Å²) in [5.74, 6) is 0. The van der Waals surface area contributed by atoms with Crippen LogP contribution in [0.3, 0.4) is 0 Å². The number of nitrogens with zero attached hydrogens (tertiary/aromatic N) is 3. The molecular formula is C18H22ClN3OSe. The molecule has 1 fully saturated rings. The first-order valence-electron chi connectivity index (χ1n) is 8.06. The van der Waals surface area contributed by atoms with E-state index in [9.17, 15) is 3.83 Å². The second kappa shape index (κ2) is 7.66. The van der Waals surface area contributed by atoms with Crippen molar-refractivity contribution in [1.82, 2.24) is 4.90 Å². The van der Waals surface area contributed by atoms with E-state index in [0.717, 1.165) is 42.8 Å². The average molecular weight is 411 g/mol. The maximum absolute atomic E-state index is 12.3. The number of para-hydroxylation sites is 2. The zero-order chi connectivity index (χ0) is 15.6. The predicted molar refractivity (Wildman–Crippen MR) is 102 cm³/mol. The molecule has 6 heteroatoms. The summed E-state index contributed by atoms with van der Waals surface area (Å²) in [5.41, 5.74) is 3.21.